The summed E-state index contributed by atoms with van der Waals surface area (Å²) in [6.07, 6.45) is 62.0. The largest absolute Gasteiger partial charge is 0.464 e. The zero-order valence-corrected chi connectivity index (χ0v) is 57.2. The maximum absolute atomic E-state index is 12.7. The molecule has 4 atom stereocenters. The van der Waals surface area contributed by atoms with Gasteiger partial charge >= 0.3 is 5.97 Å². The molecule has 10 nitrogen and oxygen atoms in total. The van der Waals surface area contributed by atoms with Gasteiger partial charge in [0.15, 0.2) is 0 Å². The number of unbranched alkanes of at least 4 members (excludes halogenated alkanes) is 25. The van der Waals surface area contributed by atoms with E-state index in [0.29, 0.717) is 39.2 Å². The maximum Gasteiger partial charge on any atom is 0.305 e. The van der Waals surface area contributed by atoms with Crippen LogP contribution < -0.4 is 0 Å². The third kappa shape index (κ3) is 56.1. The molecule has 1 saturated heterocycles. The molecule has 1 rings (SSSR count). The summed E-state index contributed by atoms with van der Waals surface area (Å²) >= 11 is 0. The SMILES string of the molecule is CCCCC/C=C\C/C=C\CCCCCCC(O)CN(CCCSSCCN1CCN(CCOC(=O)CCCCN(CC(O)CCCCCCCC)CC(O)CCCCCCCC)CC1)CC(O)CCCCCC/C=C\C/C=C\CCCCC. The minimum Gasteiger partial charge on any atom is -0.464 e. The Kier molecular flexibility index (Phi) is 61.0. The first-order valence-corrected chi connectivity index (χ1v) is 38.3. The molecule has 0 aromatic rings. The summed E-state index contributed by atoms with van der Waals surface area (Å²) in [6.45, 7) is 19.5. The van der Waals surface area contributed by atoms with Gasteiger partial charge in [-0.15, -0.1) is 0 Å². The van der Waals surface area contributed by atoms with E-state index in [0.717, 1.165) is 160 Å². The number of allylic oxidation sites excluding steroid dienone is 8. The molecular formula is C72H138N4O6S2. The Labute approximate surface area is 528 Å². The lowest BCUT2D eigenvalue weighted by atomic mass is 10.1. The summed E-state index contributed by atoms with van der Waals surface area (Å²) in [7, 11) is 3.93. The summed E-state index contributed by atoms with van der Waals surface area (Å²) < 4.78 is 5.70. The van der Waals surface area contributed by atoms with Gasteiger partial charge in [0.2, 0.25) is 0 Å². The summed E-state index contributed by atoms with van der Waals surface area (Å²) in [5.74, 6) is 2.04. The zero-order chi connectivity index (χ0) is 60.9. The second-order valence-electron chi connectivity index (χ2n) is 24.9. The van der Waals surface area contributed by atoms with Crippen molar-refractivity contribution in [2.45, 2.75) is 309 Å². The van der Waals surface area contributed by atoms with Gasteiger partial charge in [0, 0.05) is 83.4 Å². The van der Waals surface area contributed by atoms with Gasteiger partial charge in [-0.25, -0.2) is 0 Å². The number of aliphatic hydroxyl groups is 4. The molecule has 0 spiro atoms. The van der Waals surface area contributed by atoms with Crippen molar-refractivity contribution in [1.29, 1.82) is 0 Å². The Morgan fingerprint density at radius 2 is 0.738 bits per heavy atom. The number of aliphatic hydroxyl groups excluding tert-OH is 4. The molecule has 84 heavy (non-hydrogen) atoms. The number of esters is 1. The van der Waals surface area contributed by atoms with Crippen molar-refractivity contribution in [3.8, 4) is 0 Å². The summed E-state index contributed by atoms with van der Waals surface area (Å²) in [5.41, 5.74) is 0. The van der Waals surface area contributed by atoms with E-state index >= 15 is 0 Å². The summed E-state index contributed by atoms with van der Waals surface area (Å²) in [4.78, 5) is 22.3. The van der Waals surface area contributed by atoms with Crippen molar-refractivity contribution in [2.75, 3.05) is 96.6 Å². The Balaban J connectivity index is 2.39. The molecule has 0 radical (unpaired) electrons. The van der Waals surface area contributed by atoms with E-state index in [9.17, 15) is 25.2 Å². The van der Waals surface area contributed by atoms with Crippen molar-refractivity contribution in [3.63, 3.8) is 0 Å². The molecule has 1 fully saturated rings. The highest BCUT2D eigenvalue weighted by Crippen LogP contribution is 2.23. The average molecular weight is 1220 g/mol. The Hall–Kier alpha value is -1.19. The van der Waals surface area contributed by atoms with E-state index in [2.05, 4.69) is 95.9 Å². The van der Waals surface area contributed by atoms with Gasteiger partial charge in [0.25, 0.3) is 0 Å². The average Bonchev–Trinajstić information content (AvgIpc) is 3.51. The lowest BCUT2D eigenvalue weighted by molar-refractivity contribution is -0.144. The van der Waals surface area contributed by atoms with Crippen molar-refractivity contribution < 1.29 is 30.0 Å². The minimum atomic E-state index is -0.377. The minimum absolute atomic E-state index is 0.122. The van der Waals surface area contributed by atoms with E-state index in [1.54, 1.807) is 0 Å². The number of rotatable bonds is 64. The molecular weight excluding hydrogens is 1080 g/mol. The number of hydrogen-bond acceptors (Lipinski definition) is 12. The van der Waals surface area contributed by atoms with Gasteiger partial charge in [0.05, 0.1) is 24.4 Å². The van der Waals surface area contributed by atoms with E-state index in [1.165, 1.54) is 154 Å². The number of piperazine rings is 1. The van der Waals surface area contributed by atoms with Crippen molar-refractivity contribution >= 4 is 27.6 Å². The molecule has 1 aliphatic heterocycles. The molecule has 12 heteroatoms. The molecule has 4 unspecified atom stereocenters. The molecule has 0 aromatic carbocycles. The van der Waals surface area contributed by atoms with Crippen LogP contribution in [0.5, 0.6) is 0 Å². The number of hydrogen-bond donors (Lipinski definition) is 4. The fourth-order valence-corrected chi connectivity index (χ4v) is 13.4. The third-order valence-electron chi connectivity index (χ3n) is 16.7. The van der Waals surface area contributed by atoms with Crippen molar-refractivity contribution in [2.24, 2.45) is 0 Å². The number of nitrogens with zero attached hydrogens (tertiary/aromatic N) is 4. The van der Waals surface area contributed by atoms with Gasteiger partial charge in [-0.3, -0.25) is 24.4 Å². The van der Waals surface area contributed by atoms with Crippen LogP contribution in [0.4, 0.5) is 0 Å². The molecule has 0 aromatic heterocycles. The number of carbonyl (C=O) groups is 1. The van der Waals surface area contributed by atoms with Crippen molar-refractivity contribution in [1.82, 2.24) is 19.6 Å². The molecule has 0 bridgehead atoms. The first kappa shape index (κ1) is 80.8. The third-order valence-corrected chi connectivity index (χ3v) is 19.1. The lowest BCUT2D eigenvalue weighted by Gasteiger charge is -2.34. The zero-order valence-electron chi connectivity index (χ0n) is 55.5. The van der Waals surface area contributed by atoms with Gasteiger partial charge in [-0.1, -0.05) is 239 Å². The van der Waals surface area contributed by atoms with Crippen LogP contribution in [0.2, 0.25) is 0 Å². The number of ether oxygens (including phenoxy) is 1. The number of carbonyl (C=O) groups excluding carboxylic acids is 1. The first-order chi connectivity index (χ1) is 41.2. The molecule has 1 heterocycles. The molecule has 0 amide bonds. The van der Waals surface area contributed by atoms with Crippen LogP contribution in [0.3, 0.4) is 0 Å². The van der Waals surface area contributed by atoms with Crippen LogP contribution in [-0.2, 0) is 9.53 Å². The second-order valence-corrected chi connectivity index (χ2v) is 27.6. The predicted molar refractivity (Wildman–Crippen MR) is 370 cm³/mol. The van der Waals surface area contributed by atoms with Gasteiger partial charge in [-0.2, -0.15) is 0 Å². The topological polar surface area (TPSA) is 120 Å². The van der Waals surface area contributed by atoms with Crippen LogP contribution in [0.25, 0.3) is 0 Å². The van der Waals surface area contributed by atoms with Crippen LogP contribution in [0, 0.1) is 0 Å². The Bertz CT molecular complexity index is 1420. The Morgan fingerprint density at radius 3 is 1.15 bits per heavy atom. The quantitative estimate of drug-likeness (QED) is 0.0201. The monoisotopic (exact) mass is 1220 g/mol. The predicted octanol–water partition coefficient (Wildman–Crippen LogP) is 17.5. The van der Waals surface area contributed by atoms with E-state index < -0.39 is 0 Å². The normalized spacial score (nSPS) is 15.4. The smallest absolute Gasteiger partial charge is 0.305 e. The van der Waals surface area contributed by atoms with Crippen LogP contribution in [0.15, 0.2) is 48.6 Å². The Morgan fingerprint density at radius 1 is 0.405 bits per heavy atom. The fourth-order valence-electron chi connectivity index (χ4n) is 11.3. The van der Waals surface area contributed by atoms with Gasteiger partial charge in [0.1, 0.15) is 6.61 Å². The maximum atomic E-state index is 12.7. The van der Waals surface area contributed by atoms with Gasteiger partial charge < -0.3 is 25.2 Å². The van der Waals surface area contributed by atoms with E-state index in [1.807, 2.05) is 21.6 Å². The summed E-state index contributed by atoms with van der Waals surface area (Å²) in [6, 6.07) is 0. The van der Waals surface area contributed by atoms with E-state index in [4.69, 9.17) is 4.74 Å². The standard InChI is InChI=1S/C72H138N4O6S2/c1-5-9-13-17-21-23-25-27-29-31-33-35-39-43-50-70(79)66-76(67-71(80)51-44-40-36-34-32-30-28-26-24-22-18-14-10-6-2)54-47-62-83-84-63-60-74-57-55-73(56-58-74)59-61-82-72(81)52-45-46-53-75(64-68(77)48-41-37-19-15-11-7-3)65-69(78)49-42-38-20-16-12-8-4/h21-24,27-30,68-71,77-80H,5-20,25-26,31-67H2,1-4H3/b23-21-,24-22-,29-27-,30-28-. The van der Waals surface area contributed by atoms with E-state index in [-0.39, 0.29) is 30.4 Å². The lowest BCUT2D eigenvalue weighted by Crippen LogP contribution is -2.47. The second kappa shape index (κ2) is 63.4. The first-order valence-electron chi connectivity index (χ1n) is 35.8. The fraction of sp³-hybridized carbons (Fsp3) is 0.875. The molecule has 0 saturated carbocycles. The molecule has 4 N–H and O–H groups in total. The molecule has 0 aliphatic carbocycles. The van der Waals surface area contributed by atoms with Crippen LogP contribution >= 0.6 is 21.6 Å². The van der Waals surface area contributed by atoms with Crippen LogP contribution in [-0.4, -0.2) is 167 Å². The van der Waals surface area contributed by atoms with Crippen LogP contribution in [0.1, 0.15) is 285 Å². The summed E-state index contributed by atoms with van der Waals surface area (Å²) in [5, 5.41) is 44.2. The highest BCUT2D eigenvalue weighted by molar-refractivity contribution is 8.76. The van der Waals surface area contributed by atoms with Gasteiger partial charge in [-0.05, 0) is 122 Å². The highest BCUT2D eigenvalue weighted by atomic mass is 33.1. The molecule has 1 aliphatic rings. The van der Waals surface area contributed by atoms with Crippen molar-refractivity contribution in [3.05, 3.63) is 48.6 Å². The highest BCUT2D eigenvalue weighted by Gasteiger charge is 2.20. The molecule has 494 valence electrons.